The van der Waals surface area contributed by atoms with Gasteiger partial charge in [0.15, 0.2) is 0 Å². The van der Waals surface area contributed by atoms with Crippen molar-refractivity contribution in [3.05, 3.63) is 35.4 Å². The summed E-state index contributed by atoms with van der Waals surface area (Å²) < 4.78 is 4.85. The Kier molecular flexibility index (Phi) is 3.51. The Hall–Kier alpha value is -1.51. The molecular formula is C11H15NO2. The Balaban J connectivity index is 2.60. The van der Waals surface area contributed by atoms with Crippen LogP contribution in [0.5, 0.6) is 0 Å². The summed E-state index contributed by atoms with van der Waals surface area (Å²) in [5.74, 6) is 0. The number of primary amides is 1. The van der Waals surface area contributed by atoms with Gasteiger partial charge < -0.3 is 10.5 Å². The van der Waals surface area contributed by atoms with Gasteiger partial charge in [-0.05, 0) is 25.0 Å². The third-order valence-corrected chi connectivity index (χ3v) is 2.09. The summed E-state index contributed by atoms with van der Waals surface area (Å²) in [5.41, 5.74) is 7.31. The molecule has 14 heavy (non-hydrogen) atoms. The van der Waals surface area contributed by atoms with Crippen LogP contribution in [0.25, 0.3) is 0 Å². The fourth-order valence-corrected chi connectivity index (χ4v) is 1.39. The second kappa shape index (κ2) is 4.65. The first kappa shape index (κ1) is 10.6. The van der Waals surface area contributed by atoms with Crippen molar-refractivity contribution in [3.63, 3.8) is 0 Å². The molecule has 0 saturated carbocycles. The van der Waals surface area contributed by atoms with Crippen molar-refractivity contribution >= 4 is 6.09 Å². The molecule has 0 bridgehead atoms. The molecule has 3 nitrogen and oxygen atoms in total. The number of amides is 1. The van der Waals surface area contributed by atoms with Crippen LogP contribution in [0, 0.1) is 6.92 Å². The highest BCUT2D eigenvalue weighted by Gasteiger charge is 2.08. The number of aryl methyl sites for hydroxylation is 1. The lowest BCUT2D eigenvalue weighted by Crippen LogP contribution is -2.22. The average molecular weight is 193 g/mol. The summed E-state index contributed by atoms with van der Waals surface area (Å²) in [7, 11) is 0. The average Bonchev–Trinajstić information content (AvgIpc) is 2.07. The highest BCUT2D eigenvalue weighted by Crippen LogP contribution is 2.10. The molecule has 1 unspecified atom stereocenters. The molecule has 0 aliphatic carbocycles. The maximum atomic E-state index is 10.5. The second-order valence-electron chi connectivity index (χ2n) is 3.38. The summed E-state index contributed by atoms with van der Waals surface area (Å²) >= 11 is 0. The van der Waals surface area contributed by atoms with Gasteiger partial charge in [0.25, 0.3) is 0 Å². The van der Waals surface area contributed by atoms with Gasteiger partial charge in [-0.3, -0.25) is 0 Å². The Bertz CT molecular complexity index is 323. The molecular weight excluding hydrogens is 178 g/mol. The number of rotatable bonds is 3. The first-order valence-corrected chi connectivity index (χ1v) is 4.60. The molecule has 0 aromatic heterocycles. The van der Waals surface area contributed by atoms with Gasteiger partial charge in [-0.15, -0.1) is 0 Å². The molecule has 0 spiro atoms. The molecule has 3 heteroatoms. The summed E-state index contributed by atoms with van der Waals surface area (Å²) in [6, 6.07) is 8.01. The minimum absolute atomic E-state index is 0.173. The Morgan fingerprint density at radius 1 is 1.50 bits per heavy atom. The summed E-state index contributed by atoms with van der Waals surface area (Å²) in [5, 5.41) is 0. The topological polar surface area (TPSA) is 52.3 Å². The van der Waals surface area contributed by atoms with Crippen molar-refractivity contribution in [1.29, 1.82) is 0 Å². The zero-order chi connectivity index (χ0) is 10.6. The van der Waals surface area contributed by atoms with E-state index < -0.39 is 6.09 Å². The standard InChI is InChI=1S/C11H15NO2/c1-8-5-3-4-6-10(8)7-9(2)14-11(12)13/h3-6,9H,7H2,1-2H3,(H2,12,13). The number of carbonyl (C=O) groups excluding carboxylic acids is 1. The van der Waals surface area contributed by atoms with Crippen LogP contribution in [0.3, 0.4) is 0 Å². The fourth-order valence-electron chi connectivity index (χ4n) is 1.39. The first-order valence-electron chi connectivity index (χ1n) is 4.60. The van der Waals surface area contributed by atoms with E-state index in [1.807, 2.05) is 38.1 Å². The molecule has 0 saturated heterocycles. The van der Waals surface area contributed by atoms with Crippen LogP contribution in [0.15, 0.2) is 24.3 Å². The van der Waals surface area contributed by atoms with Crippen LogP contribution in [-0.2, 0) is 11.2 Å². The number of carbonyl (C=O) groups is 1. The van der Waals surface area contributed by atoms with Gasteiger partial charge >= 0.3 is 6.09 Å². The summed E-state index contributed by atoms with van der Waals surface area (Å²) in [4.78, 5) is 10.5. The van der Waals surface area contributed by atoms with Crippen LogP contribution >= 0.6 is 0 Å². The first-order chi connectivity index (χ1) is 6.59. The summed E-state index contributed by atoms with van der Waals surface area (Å²) in [6.07, 6.45) is -0.185. The van der Waals surface area contributed by atoms with Gasteiger partial charge in [0, 0.05) is 6.42 Å². The van der Waals surface area contributed by atoms with Crippen molar-refractivity contribution < 1.29 is 9.53 Å². The predicted molar refractivity (Wildman–Crippen MR) is 55.0 cm³/mol. The molecule has 2 N–H and O–H groups in total. The smallest absolute Gasteiger partial charge is 0.404 e. The van der Waals surface area contributed by atoms with Crippen LogP contribution in [0.2, 0.25) is 0 Å². The van der Waals surface area contributed by atoms with E-state index in [0.717, 1.165) is 0 Å². The van der Waals surface area contributed by atoms with E-state index in [1.165, 1.54) is 11.1 Å². The zero-order valence-corrected chi connectivity index (χ0v) is 8.49. The molecule has 1 rings (SSSR count). The normalized spacial score (nSPS) is 12.1. The van der Waals surface area contributed by atoms with E-state index in [9.17, 15) is 4.79 Å². The highest BCUT2D eigenvalue weighted by molar-refractivity contribution is 5.64. The van der Waals surface area contributed by atoms with Gasteiger partial charge in [-0.1, -0.05) is 24.3 Å². The lowest BCUT2D eigenvalue weighted by molar-refractivity contribution is 0.116. The van der Waals surface area contributed by atoms with E-state index in [1.54, 1.807) is 0 Å². The van der Waals surface area contributed by atoms with Gasteiger partial charge in [0.05, 0.1) is 0 Å². The second-order valence-corrected chi connectivity index (χ2v) is 3.38. The van der Waals surface area contributed by atoms with Crippen molar-refractivity contribution in [3.8, 4) is 0 Å². The lowest BCUT2D eigenvalue weighted by atomic mass is 10.0. The maximum Gasteiger partial charge on any atom is 0.404 e. The number of ether oxygens (including phenoxy) is 1. The molecule has 1 aromatic carbocycles. The molecule has 0 fully saturated rings. The van der Waals surface area contributed by atoms with Crippen molar-refractivity contribution in [2.45, 2.75) is 26.4 Å². The molecule has 76 valence electrons. The number of hydrogen-bond donors (Lipinski definition) is 1. The van der Waals surface area contributed by atoms with E-state index in [2.05, 4.69) is 0 Å². The minimum atomic E-state index is -0.717. The monoisotopic (exact) mass is 193 g/mol. The Morgan fingerprint density at radius 2 is 2.14 bits per heavy atom. The zero-order valence-electron chi connectivity index (χ0n) is 8.49. The largest absolute Gasteiger partial charge is 0.446 e. The molecule has 1 amide bonds. The van der Waals surface area contributed by atoms with Crippen molar-refractivity contribution in [1.82, 2.24) is 0 Å². The van der Waals surface area contributed by atoms with E-state index in [-0.39, 0.29) is 6.10 Å². The third kappa shape index (κ3) is 3.09. The molecule has 0 aliphatic rings. The Morgan fingerprint density at radius 3 is 2.71 bits per heavy atom. The third-order valence-electron chi connectivity index (χ3n) is 2.09. The van der Waals surface area contributed by atoms with Crippen molar-refractivity contribution in [2.75, 3.05) is 0 Å². The van der Waals surface area contributed by atoms with Gasteiger partial charge in [-0.2, -0.15) is 0 Å². The minimum Gasteiger partial charge on any atom is -0.446 e. The Labute approximate surface area is 83.9 Å². The quantitative estimate of drug-likeness (QED) is 0.798. The summed E-state index contributed by atoms with van der Waals surface area (Å²) in [6.45, 7) is 3.86. The maximum absolute atomic E-state index is 10.5. The van der Waals surface area contributed by atoms with Crippen LogP contribution in [0.4, 0.5) is 4.79 Å². The van der Waals surface area contributed by atoms with Gasteiger partial charge in [0.2, 0.25) is 0 Å². The van der Waals surface area contributed by atoms with Crippen LogP contribution in [-0.4, -0.2) is 12.2 Å². The number of nitrogens with two attached hydrogens (primary N) is 1. The lowest BCUT2D eigenvalue weighted by Gasteiger charge is -2.12. The van der Waals surface area contributed by atoms with Gasteiger partial charge in [-0.25, -0.2) is 4.79 Å². The molecule has 0 radical (unpaired) electrons. The van der Waals surface area contributed by atoms with E-state index >= 15 is 0 Å². The predicted octanol–water partition coefficient (Wildman–Crippen LogP) is 2.02. The molecule has 0 heterocycles. The van der Waals surface area contributed by atoms with E-state index in [0.29, 0.717) is 6.42 Å². The van der Waals surface area contributed by atoms with Gasteiger partial charge in [0.1, 0.15) is 6.10 Å². The number of hydrogen-bond acceptors (Lipinski definition) is 2. The molecule has 1 aromatic rings. The molecule has 0 aliphatic heterocycles. The van der Waals surface area contributed by atoms with Crippen LogP contribution in [0.1, 0.15) is 18.1 Å². The SMILES string of the molecule is Cc1ccccc1CC(C)OC(N)=O. The number of benzene rings is 1. The highest BCUT2D eigenvalue weighted by atomic mass is 16.6. The van der Waals surface area contributed by atoms with Crippen LogP contribution < -0.4 is 5.73 Å². The molecule has 1 atom stereocenters. The van der Waals surface area contributed by atoms with Crippen molar-refractivity contribution in [2.24, 2.45) is 5.73 Å². The fraction of sp³-hybridized carbons (Fsp3) is 0.364. The van der Waals surface area contributed by atoms with E-state index in [4.69, 9.17) is 10.5 Å².